The molecule has 0 radical (unpaired) electrons. The lowest BCUT2D eigenvalue weighted by Gasteiger charge is -2.38. The Morgan fingerprint density at radius 3 is 2.62 bits per heavy atom. The van der Waals surface area contributed by atoms with Gasteiger partial charge in [-0.05, 0) is 27.8 Å². The van der Waals surface area contributed by atoms with Crippen molar-refractivity contribution in [2.45, 2.75) is 26.3 Å². The molecule has 9 nitrogen and oxygen atoms in total. The number of nitrogens with one attached hydrogen (secondary N) is 4. The second-order valence-electron chi connectivity index (χ2n) is 7.51. The second kappa shape index (κ2) is 9.00. The first-order chi connectivity index (χ1) is 12.2. The molecule has 2 heterocycles. The number of piperazine rings is 1. The Morgan fingerprint density at radius 1 is 1.27 bits per heavy atom. The van der Waals surface area contributed by atoms with Crippen LogP contribution in [0.3, 0.4) is 0 Å². The van der Waals surface area contributed by atoms with Crippen LogP contribution in [0.2, 0.25) is 0 Å². The number of carbonyl (C=O) groups is 1. The largest absolute Gasteiger partial charge is 0.354 e. The number of nitrogens with zero attached hydrogens (tertiary/aromatic N) is 3. The summed E-state index contributed by atoms with van der Waals surface area (Å²) < 4.78 is 0. The average Bonchev–Trinajstić information content (AvgIpc) is 2.52. The normalized spacial score (nSPS) is 16.3. The Kier molecular flexibility index (Phi) is 6.98. The molecule has 1 aromatic heterocycles. The highest BCUT2D eigenvalue weighted by molar-refractivity contribution is 5.74. The van der Waals surface area contributed by atoms with E-state index < -0.39 is 0 Å². The SMILES string of the molecule is Cc1cc(=O)[nH]c(NCCNC(=O)NC(C)(C)CN2CCN(C)CC2)n1. The van der Waals surface area contributed by atoms with E-state index in [1.165, 1.54) is 6.07 Å². The highest BCUT2D eigenvalue weighted by atomic mass is 16.2. The molecule has 2 rings (SSSR count). The van der Waals surface area contributed by atoms with Gasteiger partial charge >= 0.3 is 6.03 Å². The molecule has 0 bridgehead atoms. The summed E-state index contributed by atoms with van der Waals surface area (Å²) in [5, 5.41) is 8.84. The zero-order valence-electron chi connectivity index (χ0n) is 16.2. The smallest absolute Gasteiger partial charge is 0.315 e. The van der Waals surface area contributed by atoms with Gasteiger partial charge in [-0.1, -0.05) is 0 Å². The minimum absolute atomic E-state index is 0.198. The van der Waals surface area contributed by atoms with Crippen LogP contribution in [0.4, 0.5) is 10.7 Å². The van der Waals surface area contributed by atoms with E-state index in [1.54, 1.807) is 6.92 Å². The number of hydrogen-bond donors (Lipinski definition) is 4. The van der Waals surface area contributed by atoms with Gasteiger partial charge < -0.3 is 20.9 Å². The molecule has 1 saturated heterocycles. The summed E-state index contributed by atoms with van der Waals surface area (Å²) in [5.41, 5.74) is 0.139. The molecule has 0 atom stereocenters. The van der Waals surface area contributed by atoms with Crippen LogP contribution < -0.4 is 21.5 Å². The summed E-state index contributed by atoms with van der Waals surface area (Å²) >= 11 is 0. The lowest BCUT2D eigenvalue weighted by molar-refractivity contribution is 0.125. The van der Waals surface area contributed by atoms with Crippen LogP contribution in [0.5, 0.6) is 0 Å². The summed E-state index contributed by atoms with van der Waals surface area (Å²) in [6, 6.07) is 1.23. The molecule has 9 heteroatoms. The van der Waals surface area contributed by atoms with Gasteiger partial charge in [0.2, 0.25) is 5.95 Å². The maximum Gasteiger partial charge on any atom is 0.315 e. The van der Waals surface area contributed by atoms with Crippen LogP contribution in [0.25, 0.3) is 0 Å². The first kappa shape index (κ1) is 20.2. The van der Waals surface area contributed by atoms with Crippen molar-refractivity contribution in [1.29, 1.82) is 0 Å². The number of anilines is 1. The average molecular weight is 365 g/mol. The number of aromatic nitrogens is 2. The van der Waals surface area contributed by atoms with Crippen molar-refractivity contribution < 1.29 is 4.79 Å². The third-order valence-electron chi connectivity index (χ3n) is 4.24. The predicted octanol–water partition coefficient (Wildman–Crippen LogP) is -0.185. The molecule has 0 aromatic carbocycles. The molecule has 1 fully saturated rings. The molecule has 1 aliphatic rings. The highest BCUT2D eigenvalue weighted by Gasteiger charge is 2.25. The van der Waals surface area contributed by atoms with Gasteiger partial charge in [0.1, 0.15) is 0 Å². The van der Waals surface area contributed by atoms with E-state index in [1.807, 2.05) is 13.8 Å². The molecule has 1 aromatic rings. The number of hydrogen-bond acceptors (Lipinski definition) is 6. The highest BCUT2D eigenvalue weighted by Crippen LogP contribution is 2.08. The number of aromatic amines is 1. The number of urea groups is 1. The fourth-order valence-corrected chi connectivity index (χ4v) is 2.98. The molecule has 0 aliphatic carbocycles. The van der Waals surface area contributed by atoms with E-state index in [4.69, 9.17) is 0 Å². The summed E-state index contributed by atoms with van der Waals surface area (Å²) in [4.78, 5) is 35.0. The van der Waals surface area contributed by atoms with Gasteiger partial charge in [-0.15, -0.1) is 0 Å². The van der Waals surface area contributed by atoms with Crippen LogP contribution >= 0.6 is 0 Å². The molecular weight excluding hydrogens is 334 g/mol. The van der Waals surface area contributed by atoms with Crippen molar-refractivity contribution in [1.82, 2.24) is 30.4 Å². The van der Waals surface area contributed by atoms with Crippen molar-refractivity contribution in [2.75, 3.05) is 58.2 Å². The van der Waals surface area contributed by atoms with Crippen molar-refractivity contribution in [3.05, 3.63) is 22.1 Å². The monoisotopic (exact) mass is 365 g/mol. The molecule has 1 aliphatic heterocycles. The maximum atomic E-state index is 12.1. The summed E-state index contributed by atoms with van der Waals surface area (Å²) in [6.07, 6.45) is 0. The number of amides is 2. The van der Waals surface area contributed by atoms with Crippen LogP contribution in [0.1, 0.15) is 19.5 Å². The summed E-state index contributed by atoms with van der Waals surface area (Å²) in [7, 11) is 2.13. The molecule has 26 heavy (non-hydrogen) atoms. The van der Waals surface area contributed by atoms with Crippen LogP contribution in [0.15, 0.2) is 10.9 Å². The fraction of sp³-hybridized carbons (Fsp3) is 0.706. The van der Waals surface area contributed by atoms with E-state index in [2.05, 4.69) is 42.8 Å². The fourth-order valence-electron chi connectivity index (χ4n) is 2.98. The summed E-state index contributed by atoms with van der Waals surface area (Å²) in [5.74, 6) is 0.410. The Morgan fingerprint density at radius 2 is 1.96 bits per heavy atom. The summed E-state index contributed by atoms with van der Waals surface area (Å²) in [6.45, 7) is 11.7. The third-order valence-corrected chi connectivity index (χ3v) is 4.24. The number of rotatable bonds is 7. The maximum absolute atomic E-state index is 12.1. The standard InChI is InChI=1S/C17H31N7O2/c1-13-11-14(25)21-15(20-13)18-5-6-19-16(26)22-17(2,3)12-24-9-7-23(4)8-10-24/h11H,5-10,12H2,1-4H3,(H2,19,22,26)(H2,18,20,21,25). The van der Waals surface area contributed by atoms with Gasteiger partial charge in [0.25, 0.3) is 5.56 Å². The Hall–Kier alpha value is -2.13. The second-order valence-corrected chi connectivity index (χ2v) is 7.51. The molecule has 0 saturated carbocycles. The van der Waals surface area contributed by atoms with Gasteiger partial charge in [-0.25, -0.2) is 9.78 Å². The lowest BCUT2D eigenvalue weighted by Crippen LogP contribution is -2.57. The van der Waals surface area contributed by atoms with Gasteiger partial charge in [0.05, 0.1) is 0 Å². The number of aryl methyl sites for hydroxylation is 1. The zero-order chi connectivity index (χ0) is 19.2. The lowest BCUT2D eigenvalue weighted by atomic mass is 10.0. The van der Waals surface area contributed by atoms with E-state index in [9.17, 15) is 9.59 Å². The van der Waals surface area contributed by atoms with Crippen molar-refractivity contribution in [2.24, 2.45) is 0 Å². The Bertz CT molecular complexity index is 651. The quantitative estimate of drug-likeness (QED) is 0.500. The molecule has 0 spiro atoms. The topological polar surface area (TPSA) is 105 Å². The number of H-pyrrole nitrogens is 1. The van der Waals surface area contributed by atoms with Gasteiger partial charge in [0, 0.05) is 63.1 Å². The van der Waals surface area contributed by atoms with Crippen molar-refractivity contribution in [3.8, 4) is 0 Å². The van der Waals surface area contributed by atoms with Gasteiger partial charge in [-0.2, -0.15) is 0 Å². The van der Waals surface area contributed by atoms with Crippen LogP contribution in [-0.2, 0) is 0 Å². The van der Waals surface area contributed by atoms with Crippen LogP contribution in [-0.4, -0.2) is 84.2 Å². The zero-order valence-corrected chi connectivity index (χ0v) is 16.2. The first-order valence-corrected chi connectivity index (χ1v) is 9.02. The predicted molar refractivity (Wildman–Crippen MR) is 103 cm³/mol. The van der Waals surface area contributed by atoms with E-state index in [0.29, 0.717) is 24.7 Å². The first-order valence-electron chi connectivity index (χ1n) is 9.02. The van der Waals surface area contributed by atoms with Crippen LogP contribution in [0, 0.1) is 6.92 Å². The van der Waals surface area contributed by atoms with Crippen molar-refractivity contribution >= 4 is 12.0 Å². The molecule has 2 amide bonds. The molecule has 0 unspecified atom stereocenters. The number of carbonyl (C=O) groups excluding carboxylic acids is 1. The van der Waals surface area contributed by atoms with E-state index >= 15 is 0 Å². The Labute approximate surface area is 154 Å². The minimum atomic E-state index is -0.309. The van der Waals surface area contributed by atoms with E-state index in [-0.39, 0.29) is 17.1 Å². The molecule has 146 valence electrons. The third kappa shape index (κ3) is 7.01. The minimum Gasteiger partial charge on any atom is -0.354 e. The van der Waals surface area contributed by atoms with Gasteiger partial charge in [-0.3, -0.25) is 14.7 Å². The van der Waals surface area contributed by atoms with Crippen molar-refractivity contribution in [3.63, 3.8) is 0 Å². The van der Waals surface area contributed by atoms with Gasteiger partial charge in [0.15, 0.2) is 0 Å². The molecule has 4 N–H and O–H groups in total. The number of likely N-dealkylation sites (N-methyl/N-ethyl adjacent to an activating group) is 1. The Balaban J connectivity index is 1.68. The van der Waals surface area contributed by atoms with E-state index in [0.717, 1.165) is 32.7 Å². The molecular formula is C17H31N7O2.